The van der Waals surface area contributed by atoms with Crippen LogP contribution in [0.2, 0.25) is 0 Å². The summed E-state index contributed by atoms with van der Waals surface area (Å²) in [6.45, 7) is 4.30. The van der Waals surface area contributed by atoms with Crippen LogP contribution in [0.15, 0.2) is 70.8 Å². The van der Waals surface area contributed by atoms with Gasteiger partial charge in [-0.1, -0.05) is 42.4 Å². The van der Waals surface area contributed by atoms with Crippen LogP contribution in [0.25, 0.3) is 5.76 Å². The van der Waals surface area contributed by atoms with Gasteiger partial charge in [-0.3, -0.25) is 14.5 Å². The Morgan fingerprint density at radius 2 is 1.84 bits per heavy atom. The van der Waals surface area contributed by atoms with E-state index in [0.717, 1.165) is 6.42 Å². The molecule has 2 aromatic carbocycles. The zero-order chi connectivity index (χ0) is 22.0. The summed E-state index contributed by atoms with van der Waals surface area (Å²) in [7, 11) is 0. The van der Waals surface area contributed by atoms with E-state index in [1.54, 1.807) is 49.4 Å². The SMILES string of the molecule is CCCOc1ccc(C(O)=C2C(=O)C(=O)N(c3cc(C)on3)C2c2ccccc2)cc1. The second-order valence-corrected chi connectivity index (χ2v) is 7.25. The molecule has 1 amide bonds. The molecular formula is C24H22N2O5. The van der Waals surface area contributed by atoms with Gasteiger partial charge in [0, 0.05) is 11.6 Å². The van der Waals surface area contributed by atoms with Crippen molar-refractivity contribution in [3.05, 3.63) is 83.1 Å². The summed E-state index contributed by atoms with van der Waals surface area (Å²) >= 11 is 0. The highest BCUT2D eigenvalue weighted by Gasteiger charge is 2.48. The number of Topliss-reactive ketones (excluding diaryl/α,β-unsaturated/α-hetero) is 1. The van der Waals surface area contributed by atoms with Gasteiger partial charge in [-0.15, -0.1) is 0 Å². The van der Waals surface area contributed by atoms with Gasteiger partial charge in [0.1, 0.15) is 17.3 Å². The normalized spacial score (nSPS) is 17.9. The number of hydrogen-bond donors (Lipinski definition) is 1. The molecule has 7 nitrogen and oxygen atoms in total. The van der Waals surface area contributed by atoms with Crippen molar-refractivity contribution >= 4 is 23.3 Å². The number of aryl methyl sites for hydroxylation is 1. The van der Waals surface area contributed by atoms with Crippen LogP contribution < -0.4 is 9.64 Å². The van der Waals surface area contributed by atoms with Crippen LogP contribution in [-0.4, -0.2) is 28.6 Å². The molecule has 1 aromatic heterocycles. The predicted molar refractivity (Wildman–Crippen MR) is 115 cm³/mol. The number of nitrogens with zero attached hydrogens (tertiary/aromatic N) is 2. The summed E-state index contributed by atoms with van der Waals surface area (Å²) in [5, 5.41) is 15.0. The zero-order valence-electron chi connectivity index (χ0n) is 17.2. The Kier molecular flexibility index (Phi) is 5.58. The highest BCUT2D eigenvalue weighted by Crippen LogP contribution is 2.41. The van der Waals surface area contributed by atoms with Crippen molar-refractivity contribution in [1.29, 1.82) is 0 Å². The zero-order valence-corrected chi connectivity index (χ0v) is 17.2. The molecular weight excluding hydrogens is 396 g/mol. The Morgan fingerprint density at radius 1 is 1.13 bits per heavy atom. The third-order valence-electron chi connectivity index (χ3n) is 5.02. The lowest BCUT2D eigenvalue weighted by Crippen LogP contribution is -2.29. The third-order valence-corrected chi connectivity index (χ3v) is 5.02. The van der Waals surface area contributed by atoms with Gasteiger partial charge in [0.05, 0.1) is 18.2 Å². The Morgan fingerprint density at radius 3 is 2.45 bits per heavy atom. The molecule has 1 fully saturated rings. The van der Waals surface area contributed by atoms with Crippen molar-refractivity contribution in [1.82, 2.24) is 5.16 Å². The number of aliphatic hydroxyl groups is 1. The summed E-state index contributed by atoms with van der Waals surface area (Å²) in [6.07, 6.45) is 0.879. The Balaban J connectivity index is 1.82. The average Bonchev–Trinajstić information content (AvgIpc) is 3.33. The molecule has 2 heterocycles. The number of anilines is 1. The molecule has 0 radical (unpaired) electrons. The van der Waals surface area contributed by atoms with E-state index >= 15 is 0 Å². The van der Waals surface area contributed by atoms with Gasteiger partial charge in [0.15, 0.2) is 5.82 Å². The highest BCUT2D eigenvalue weighted by atomic mass is 16.5. The lowest BCUT2D eigenvalue weighted by Gasteiger charge is -2.22. The monoisotopic (exact) mass is 418 g/mol. The van der Waals surface area contributed by atoms with E-state index in [1.165, 1.54) is 4.90 Å². The standard InChI is InChI=1S/C24H22N2O5/c1-3-13-30-18-11-9-17(10-12-18)22(27)20-21(16-7-5-4-6-8-16)26(24(29)23(20)28)19-14-15(2)31-25-19/h4-12,14,21,27H,3,13H2,1-2H3. The maximum atomic E-state index is 13.0. The minimum Gasteiger partial charge on any atom is -0.507 e. The Labute approximate surface area is 179 Å². The first-order valence-corrected chi connectivity index (χ1v) is 10.0. The number of amides is 1. The van der Waals surface area contributed by atoms with E-state index in [0.29, 0.717) is 29.2 Å². The van der Waals surface area contributed by atoms with Gasteiger partial charge >= 0.3 is 5.91 Å². The summed E-state index contributed by atoms with van der Waals surface area (Å²) in [4.78, 5) is 27.2. The number of aromatic nitrogens is 1. The van der Waals surface area contributed by atoms with Crippen LogP contribution in [0.5, 0.6) is 5.75 Å². The predicted octanol–water partition coefficient (Wildman–Crippen LogP) is 4.40. The van der Waals surface area contributed by atoms with Crippen molar-refractivity contribution < 1.29 is 24.0 Å². The van der Waals surface area contributed by atoms with Gasteiger partial charge in [-0.05, 0) is 43.2 Å². The molecule has 1 unspecified atom stereocenters. The van der Waals surface area contributed by atoms with Crippen LogP contribution in [0.1, 0.15) is 36.3 Å². The number of benzene rings is 2. The summed E-state index contributed by atoms with van der Waals surface area (Å²) < 4.78 is 10.7. The largest absolute Gasteiger partial charge is 0.507 e. The molecule has 4 rings (SSSR count). The smallest absolute Gasteiger partial charge is 0.301 e. The molecule has 31 heavy (non-hydrogen) atoms. The molecule has 1 saturated heterocycles. The fourth-order valence-corrected chi connectivity index (χ4v) is 3.57. The number of rotatable bonds is 6. The van der Waals surface area contributed by atoms with E-state index < -0.39 is 17.7 Å². The van der Waals surface area contributed by atoms with E-state index in [1.807, 2.05) is 25.1 Å². The van der Waals surface area contributed by atoms with Gasteiger partial charge in [-0.25, -0.2) is 0 Å². The number of carbonyl (C=O) groups is 2. The third kappa shape index (κ3) is 3.82. The quantitative estimate of drug-likeness (QED) is 0.362. The first-order valence-electron chi connectivity index (χ1n) is 10.0. The van der Waals surface area contributed by atoms with Crippen LogP contribution in [0, 0.1) is 6.92 Å². The molecule has 0 saturated carbocycles. The second kappa shape index (κ2) is 8.47. The van der Waals surface area contributed by atoms with Crippen molar-refractivity contribution in [2.75, 3.05) is 11.5 Å². The van der Waals surface area contributed by atoms with E-state index in [2.05, 4.69) is 5.16 Å². The van der Waals surface area contributed by atoms with Gasteiger partial charge in [0.2, 0.25) is 0 Å². The summed E-state index contributed by atoms with van der Waals surface area (Å²) in [5.74, 6) is -0.416. The van der Waals surface area contributed by atoms with E-state index in [-0.39, 0.29) is 17.2 Å². The van der Waals surface area contributed by atoms with Crippen molar-refractivity contribution in [2.45, 2.75) is 26.3 Å². The fraction of sp³-hybridized carbons (Fsp3) is 0.208. The lowest BCUT2D eigenvalue weighted by atomic mass is 9.95. The maximum absolute atomic E-state index is 13.0. The molecule has 1 N–H and O–H groups in total. The molecule has 3 aromatic rings. The average molecular weight is 418 g/mol. The molecule has 0 bridgehead atoms. The van der Waals surface area contributed by atoms with Gasteiger partial charge < -0.3 is 14.4 Å². The number of ether oxygens (including phenoxy) is 1. The Hall–Kier alpha value is -3.87. The molecule has 1 atom stereocenters. The summed E-state index contributed by atoms with van der Waals surface area (Å²) in [6, 6.07) is 16.6. The highest BCUT2D eigenvalue weighted by molar-refractivity contribution is 6.51. The van der Waals surface area contributed by atoms with Crippen molar-refractivity contribution in [3.63, 3.8) is 0 Å². The molecule has 158 valence electrons. The minimum absolute atomic E-state index is 0.000852. The molecule has 0 aliphatic carbocycles. The molecule has 7 heteroatoms. The van der Waals surface area contributed by atoms with Crippen LogP contribution in [0.3, 0.4) is 0 Å². The Bertz CT molecular complexity index is 1130. The summed E-state index contributed by atoms with van der Waals surface area (Å²) in [5.41, 5.74) is 1.09. The van der Waals surface area contributed by atoms with Crippen molar-refractivity contribution in [2.24, 2.45) is 0 Å². The fourth-order valence-electron chi connectivity index (χ4n) is 3.57. The second-order valence-electron chi connectivity index (χ2n) is 7.25. The van der Waals surface area contributed by atoms with E-state index in [9.17, 15) is 14.7 Å². The van der Waals surface area contributed by atoms with Crippen molar-refractivity contribution in [3.8, 4) is 5.75 Å². The first-order chi connectivity index (χ1) is 15.0. The van der Waals surface area contributed by atoms with E-state index in [4.69, 9.17) is 9.26 Å². The number of aliphatic hydroxyl groups excluding tert-OH is 1. The molecule has 1 aliphatic rings. The van der Waals surface area contributed by atoms with Crippen LogP contribution in [-0.2, 0) is 9.59 Å². The van der Waals surface area contributed by atoms with Gasteiger partial charge in [0.25, 0.3) is 5.78 Å². The first kappa shape index (κ1) is 20.4. The number of hydrogen-bond acceptors (Lipinski definition) is 6. The minimum atomic E-state index is -0.832. The van der Waals surface area contributed by atoms with Gasteiger partial charge in [-0.2, -0.15) is 0 Å². The molecule has 1 aliphatic heterocycles. The van der Waals surface area contributed by atoms with Crippen LogP contribution in [0.4, 0.5) is 5.82 Å². The number of ketones is 1. The van der Waals surface area contributed by atoms with Crippen LogP contribution >= 0.6 is 0 Å². The number of carbonyl (C=O) groups excluding carboxylic acids is 2. The lowest BCUT2D eigenvalue weighted by molar-refractivity contribution is -0.132. The maximum Gasteiger partial charge on any atom is 0.301 e. The molecule has 0 spiro atoms. The topological polar surface area (TPSA) is 92.9 Å².